The van der Waals surface area contributed by atoms with Crippen molar-refractivity contribution in [1.29, 1.82) is 0 Å². The average molecular weight is 425 g/mol. The highest BCUT2D eigenvalue weighted by Crippen LogP contribution is 2.41. The summed E-state index contributed by atoms with van der Waals surface area (Å²) in [6.45, 7) is 2.48. The van der Waals surface area contributed by atoms with Crippen LogP contribution in [-0.4, -0.2) is 32.9 Å². The average Bonchev–Trinajstić information content (AvgIpc) is 3.07. The molecule has 7 nitrogen and oxygen atoms in total. The van der Waals surface area contributed by atoms with E-state index in [1.54, 1.807) is 56.7 Å². The lowest BCUT2D eigenvalue weighted by Gasteiger charge is -2.09. The van der Waals surface area contributed by atoms with Crippen LogP contribution in [0.1, 0.15) is 43.7 Å². The predicted octanol–water partition coefficient (Wildman–Crippen LogP) is 5.29. The van der Waals surface area contributed by atoms with Crippen LogP contribution in [0.15, 0.2) is 36.4 Å². The summed E-state index contributed by atoms with van der Waals surface area (Å²) in [7, 11) is 3.09. The van der Waals surface area contributed by atoms with Crippen LogP contribution in [0.2, 0.25) is 0 Å². The Morgan fingerprint density at radius 3 is 2.39 bits per heavy atom. The first-order valence-electron chi connectivity index (χ1n) is 10.3. The third kappa shape index (κ3) is 5.57. The van der Waals surface area contributed by atoms with E-state index in [4.69, 9.17) is 18.9 Å². The molecule has 0 bridgehead atoms. The molecule has 0 saturated carbocycles. The Hall–Kier alpha value is -3.48. The summed E-state index contributed by atoms with van der Waals surface area (Å²) in [5.41, 5.74) is 2.69. The van der Waals surface area contributed by atoms with Crippen molar-refractivity contribution in [3.8, 4) is 17.2 Å². The second kappa shape index (κ2) is 10.5. The third-order valence-corrected chi connectivity index (χ3v) is 4.92. The van der Waals surface area contributed by atoms with Gasteiger partial charge in [0.25, 0.3) is 5.91 Å². The molecule has 0 radical (unpaired) electrons. The van der Waals surface area contributed by atoms with Crippen molar-refractivity contribution < 1.29 is 28.5 Å². The van der Waals surface area contributed by atoms with Gasteiger partial charge in [-0.1, -0.05) is 38.3 Å². The summed E-state index contributed by atoms with van der Waals surface area (Å²) >= 11 is 0. The van der Waals surface area contributed by atoms with Gasteiger partial charge in [0.05, 0.1) is 26.5 Å². The monoisotopic (exact) mass is 425 g/mol. The minimum atomic E-state index is -0.715. The standard InChI is InChI=1S/C24H27NO6/c1-4-5-6-7-12-30-24(27)31-17-10-8-16(9-11-17)13-19-18-14-21(28-2)22(29-3)15-20(18)25-23(19)26/h8-11,13-15H,4-7,12H2,1-3H3,(H,25,26)/b19-13+. The fourth-order valence-corrected chi connectivity index (χ4v) is 3.27. The largest absolute Gasteiger partial charge is 0.513 e. The molecule has 0 aromatic heterocycles. The van der Waals surface area contributed by atoms with Gasteiger partial charge < -0.3 is 24.3 Å². The Bertz CT molecular complexity index is 965. The zero-order valence-corrected chi connectivity index (χ0v) is 18.0. The first-order chi connectivity index (χ1) is 15.0. The fourth-order valence-electron chi connectivity index (χ4n) is 3.27. The van der Waals surface area contributed by atoms with Crippen LogP contribution < -0.4 is 19.5 Å². The minimum Gasteiger partial charge on any atom is -0.493 e. The van der Waals surface area contributed by atoms with Crippen molar-refractivity contribution in [3.63, 3.8) is 0 Å². The molecule has 2 aromatic carbocycles. The zero-order chi connectivity index (χ0) is 22.2. The molecule has 0 spiro atoms. The molecule has 0 unspecified atom stereocenters. The van der Waals surface area contributed by atoms with E-state index in [0.29, 0.717) is 35.1 Å². The maximum atomic E-state index is 12.5. The highest BCUT2D eigenvalue weighted by atomic mass is 16.7. The van der Waals surface area contributed by atoms with Crippen LogP contribution in [0.25, 0.3) is 11.6 Å². The van der Waals surface area contributed by atoms with Gasteiger partial charge in [-0.25, -0.2) is 4.79 Å². The van der Waals surface area contributed by atoms with E-state index in [9.17, 15) is 9.59 Å². The first-order valence-corrected chi connectivity index (χ1v) is 10.3. The normalized spacial score (nSPS) is 13.5. The molecule has 0 fully saturated rings. The van der Waals surface area contributed by atoms with Crippen molar-refractivity contribution >= 4 is 29.4 Å². The lowest BCUT2D eigenvalue weighted by molar-refractivity contribution is -0.110. The number of carbonyl (C=O) groups is 2. The summed E-state index contributed by atoms with van der Waals surface area (Å²) in [5, 5.41) is 2.83. The number of ether oxygens (including phenoxy) is 4. The van der Waals surface area contributed by atoms with E-state index in [1.807, 2.05) is 0 Å². The number of methoxy groups -OCH3 is 2. The quantitative estimate of drug-likeness (QED) is 0.254. The summed E-state index contributed by atoms with van der Waals surface area (Å²) < 4.78 is 20.9. The third-order valence-electron chi connectivity index (χ3n) is 4.92. The van der Waals surface area contributed by atoms with Gasteiger partial charge in [0.1, 0.15) is 5.75 Å². The molecular formula is C24H27NO6. The van der Waals surface area contributed by atoms with Crippen LogP contribution in [0, 0.1) is 0 Å². The Morgan fingerprint density at radius 2 is 1.71 bits per heavy atom. The molecule has 1 aliphatic heterocycles. The van der Waals surface area contributed by atoms with Crippen molar-refractivity contribution in [1.82, 2.24) is 0 Å². The number of hydrogen-bond donors (Lipinski definition) is 1. The van der Waals surface area contributed by atoms with E-state index >= 15 is 0 Å². The van der Waals surface area contributed by atoms with E-state index in [2.05, 4.69) is 12.2 Å². The van der Waals surface area contributed by atoms with Crippen molar-refractivity contribution in [2.24, 2.45) is 0 Å². The molecule has 0 saturated heterocycles. The summed E-state index contributed by atoms with van der Waals surface area (Å²) in [6, 6.07) is 10.4. The summed E-state index contributed by atoms with van der Waals surface area (Å²) in [5.74, 6) is 1.25. The molecule has 3 rings (SSSR count). The fraction of sp³-hybridized carbons (Fsp3) is 0.333. The van der Waals surface area contributed by atoms with Crippen LogP contribution in [-0.2, 0) is 9.53 Å². The SMILES string of the molecule is CCCCCCOC(=O)Oc1ccc(/C=C2/C(=O)Nc3cc(OC)c(OC)cc32)cc1. The van der Waals surface area contributed by atoms with Gasteiger partial charge in [-0.2, -0.15) is 0 Å². The van der Waals surface area contributed by atoms with Crippen LogP contribution in [0.5, 0.6) is 17.2 Å². The van der Waals surface area contributed by atoms with Gasteiger partial charge in [0.2, 0.25) is 0 Å². The van der Waals surface area contributed by atoms with Crippen LogP contribution >= 0.6 is 0 Å². The number of unbranched alkanes of at least 4 members (excludes halogenated alkanes) is 3. The molecular weight excluding hydrogens is 398 g/mol. The van der Waals surface area contributed by atoms with Gasteiger partial charge in [0.15, 0.2) is 11.5 Å². The number of amides is 1. The predicted molar refractivity (Wildman–Crippen MR) is 119 cm³/mol. The van der Waals surface area contributed by atoms with E-state index in [1.165, 1.54) is 0 Å². The second-order valence-corrected chi connectivity index (χ2v) is 7.10. The molecule has 0 atom stereocenters. The lowest BCUT2D eigenvalue weighted by atomic mass is 10.0. The van der Waals surface area contributed by atoms with Gasteiger partial charge in [-0.05, 0) is 36.3 Å². The van der Waals surface area contributed by atoms with E-state index in [-0.39, 0.29) is 5.91 Å². The molecule has 164 valence electrons. The number of anilines is 1. The van der Waals surface area contributed by atoms with Crippen LogP contribution in [0.3, 0.4) is 0 Å². The summed E-state index contributed by atoms with van der Waals surface area (Å²) in [4.78, 5) is 24.2. The van der Waals surface area contributed by atoms with E-state index < -0.39 is 6.16 Å². The van der Waals surface area contributed by atoms with Gasteiger partial charge in [-0.3, -0.25) is 4.79 Å². The maximum absolute atomic E-state index is 12.5. The summed E-state index contributed by atoms with van der Waals surface area (Å²) in [6.07, 6.45) is 5.16. The van der Waals surface area contributed by atoms with Crippen LogP contribution in [0.4, 0.5) is 10.5 Å². The number of hydrogen-bond acceptors (Lipinski definition) is 6. The molecule has 31 heavy (non-hydrogen) atoms. The topological polar surface area (TPSA) is 83.1 Å². The number of rotatable bonds is 9. The molecule has 2 aromatic rings. The minimum absolute atomic E-state index is 0.211. The molecule has 1 heterocycles. The molecule has 0 aliphatic carbocycles. The van der Waals surface area contributed by atoms with Gasteiger partial charge in [0, 0.05) is 17.2 Å². The highest BCUT2D eigenvalue weighted by molar-refractivity contribution is 6.35. The Kier molecular flexibility index (Phi) is 7.54. The molecule has 7 heteroatoms. The van der Waals surface area contributed by atoms with Gasteiger partial charge >= 0.3 is 6.16 Å². The second-order valence-electron chi connectivity index (χ2n) is 7.10. The maximum Gasteiger partial charge on any atom is 0.513 e. The number of nitrogens with one attached hydrogen (secondary N) is 1. The molecule has 1 N–H and O–H groups in total. The Labute approximate surface area is 181 Å². The lowest BCUT2D eigenvalue weighted by Crippen LogP contribution is -2.11. The molecule has 1 amide bonds. The molecule has 1 aliphatic rings. The Balaban J connectivity index is 1.67. The number of benzene rings is 2. The van der Waals surface area contributed by atoms with Crippen molar-refractivity contribution in [2.75, 3.05) is 26.1 Å². The number of fused-ring (bicyclic) bond motifs is 1. The zero-order valence-electron chi connectivity index (χ0n) is 18.0. The van der Waals surface area contributed by atoms with Gasteiger partial charge in [-0.15, -0.1) is 0 Å². The first kappa shape index (κ1) is 22.2. The van der Waals surface area contributed by atoms with Crippen molar-refractivity contribution in [3.05, 3.63) is 47.5 Å². The highest BCUT2D eigenvalue weighted by Gasteiger charge is 2.26. The van der Waals surface area contributed by atoms with E-state index in [0.717, 1.165) is 36.8 Å². The Morgan fingerprint density at radius 1 is 1.00 bits per heavy atom. The smallest absolute Gasteiger partial charge is 0.493 e. The number of carbonyl (C=O) groups excluding carboxylic acids is 2. The van der Waals surface area contributed by atoms with Crippen molar-refractivity contribution in [2.45, 2.75) is 32.6 Å².